The molecule has 0 spiro atoms. The van der Waals surface area contributed by atoms with Crippen LogP contribution in [0.2, 0.25) is 0 Å². The van der Waals surface area contributed by atoms with Gasteiger partial charge < -0.3 is 33.8 Å². The minimum atomic E-state index is -4.96. The van der Waals surface area contributed by atoms with Gasteiger partial charge in [-0.3, -0.25) is 37.3 Å². The third-order valence-corrected chi connectivity index (χ3v) is 17.7. The van der Waals surface area contributed by atoms with E-state index in [4.69, 9.17) is 37.0 Å². The first-order chi connectivity index (χ1) is 41.9. The highest BCUT2D eigenvalue weighted by atomic mass is 31.2. The van der Waals surface area contributed by atoms with E-state index in [9.17, 15) is 43.2 Å². The highest BCUT2D eigenvalue weighted by Gasteiger charge is 2.30. The molecule has 0 aromatic carbocycles. The van der Waals surface area contributed by atoms with E-state index in [-0.39, 0.29) is 25.7 Å². The summed E-state index contributed by atoms with van der Waals surface area (Å²) in [5, 5.41) is 10.6. The van der Waals surface area contributed by atoms with Gasteiger partial charge in [0, 0.05) is 25.7 Å². The summed E-state index contributed by atoms with van der Waals surface area (Å²) < 4.78 is 68.1. The Morgan fingerprint density at radius 3 is 0.977 bits per heavy atom. The first-order valence-electron chi connectivity index (χ1n) is 34.9. The number of rotatable bonds is 65. The number of phosphoric acid groups is 2. The van der Waals surface area contributed by atoms with Crippen molar-refractivity contribution in [2.45, 2.75) is 336 Å². The van der Waals surface area contributed by atoms with Crippen molar-refractivity contribution < 1.29 is 80.2 Å². The van der Waals surface area contributed by atoms with Gasteiger partial charge in [0.1, 0.15) is 19.3 Å². The van der Waals surface area contributed by atoms with Crippen LogP contribution >= 0.6 is 15.6 Å². The van der Waals surface area contributed by atoms with Crippen molar-refractivity contribution >= 4 is 39.5 Å². The van der Waals surface area contributed by atoms with Crippen molar-refractivity contribution in [1.82, 2.24) is 0 Å². The van der Waals surface area contributed by atoms with Crippen LogP contribution in [-0.2, 0) is 65.4 Å². The summed E-state index contributed by atoms with van der Waals surface area (Å²) in [4.78, 5) is 72.4. The molecule has 0 aromatic heterocycles. The third-order valence-electron chi connectivity index (χ3n) is 15.8. The Labute approximate surface area is 529 Å². The zero-order valence-corrected chi connectivity index (χ0v) is 57.6. The maximum atomic E-state index is 13.0. The van der Waals surface area contributed by atoms with Gasteiger partial charge in [0.2, 0.25) is 0 Å². The summed E-state index contributed by atoms with van der Waals surface area (Å²) in [6.45, 7) is 9.37. The average Bonchev–Trinajstić information content (AvgIpc) is 3.71. The van der Waals surface area contributed by atoms with Crippen molar-refractivity contribution in [2.24, 2.45) is 11.8 Å². The first-order valence-corrected chi connectivity index (χ1v) is 37.9. The van der Waals surface area contributed by atoms with Crippen LogP contribution in [0.25, 0.3) is 0 Å². The lowest BCUT2D eigenvalue weighted by atomic mass is 10.00. The van der Waals surface area contributed by atoms with Crippen LogP contribution in [0.1, 0.15) is 318 Å². The largest absolute Gasteiger partial charge is 0.472 e. The second-order valence-corrected chi connectivity index (χ2v) is 27.3. The maximum Gasteiger partial charge on any atom is 0.472 e. The van der Waals surface area contributed by atoms with E-state index < -0.39 is 97.5 Å². The van der Waals surface area contributed by atoms with Gasteiger partial charge in [-0.25, -0.2) is 9.13 Å². The van der Waals surface area contributed by atoms with Crippen LogP contribution in [0.3, 0.4) is 0 Å². The number of aliphatic hydroxyl groups excluding tert-OH is 1. The topological polar surface area (TPSA) is 237 Å². The summed E-state index contributed by atoms with van der Waals surface area (Å²) in [7, 11) is -9.91. The van der Waals surface area contributed by atoms with Gasteiger partial charge in [-0.2, -0.15) is 0 Å². The molecule has 0 radical (unpaired) electrons. The van der Waals surface area contributed by atoms with Gasteiger partial charge in [0.05, 0.1) is 26.4 Å². The molecular formula is C68H128O17P2. The lowest BCUT2D eigenvalue weighted by Crippen LogP contribution is -2.30. The van der Waals surface area contributed by atoms with Crippen molar-refractivity contribution in [3.63, 3.8) is 0 Å². The normalized spacial score (nSPS) is 15.0. The second-order valence-electron chi connectivity index (χ2n) is 24.4. The van der Waals surface area contributed by atoms with Crippen molar-refractivity contribution in [1.29, 1.82) is 0 Å². The molecule has 512 valence electrons. The average molecular weight is 1280 g/mol. The monoisotopic (exact) mass is 1280 g/mol. The quantitative estimate of drug-likeness (QED) is 0.0169. The highest BCUT2D eigenvalue weighted by Crippen LogP contribution is 2.45. The van der Waals surface area contributed by atoms with E-state index in [0.717, 1.165) is 121 Å². The zero-order chi connectivity index (χ0) is 64.3. The predicted molar refractivity (Wildman–Crippen MR) is 349 cm³/mol. The zero-order valence-electron chi connectivity index (χ0n) is 55.8. The standard InChI is InChI=1S/C68H128O17P2/c1-7-11-13-15-17-19-21-23-24-25-27-29-31-40-46-52-67(72)84-63(56-78-65(70)50-44-38-30-28-26-22-20-18-16-14-12-8-2)58-82-86(74,75)80-54-62(69)55-81-87(76,77)83-59-64(85-68(73)53-47-41-35-33-37-43-49-61(6)10-4)57-79-66(71)51-45-39-34-32-36-42-48-60(5)9-3/h19,21,23-24,60-64,69H,7-18,20,22,25-59H2,1-6H3,(H,74,75)(H,76,77)/b21-19-,24-23-/t60?,61?,62-,63-,64-/m1/s1. The number of carbonyl (C=O) groups excluding carboxylic acids is 4. The molecule has 4 unspecified atom stereocenters. The molecule has 0 aliphatic heterocycles. The molecule has 17 nitrogen and oxygen atoms in total. The Hall–Kier alpha value is -2.46. The fourth-order valence-electron chi connectivity index (χ4n) is 9.63. The van der Waals surface area contributed by atoms with E-state index in [1.165, 1.54) is 116 Å². The van der Waals surface area contributed by atoms with Crippen LogP contribution in [0, 0.1) is 11.8 Å². The molecule has 0 bridgehead atoms. The number of hydrogen-bond acceptors (Lipinski definition) is 15. The maximum absolute atomic E-state index is 13.0. The Bertz CT molecular complexity index is 1800. The van der Waals surface area contributed by atoms with Crippen LogP contribution in [0.4, 0.5) is 0 Å². The smallest absolute Gasteiger partial charge is 0.462 e. The number of hydrogen-bond donors (Lipinski definition) is 3. The molecule has 19 heteroatoms. The molecule has 7 atom stereocenters. The molecular weight excluding hydrogens is 1150 g/mol. The molecule has 0 aliphatic carbocycles. The number of allylic oxidation sites excluding steroid dienone is 4. The SMILES string of the molecule is CCCCCC/C=C\C=C/CCCCCCCC(=O)O[C@H](COC(=O)CCCCCCCCCCCCCC)COP(=O)(O)OC[C@@H](O)COP(=O)(O)OC[C@@H](COC(=O)CCCCCCCCC(C)CC)OC(=O)CCCCCCCCC(C)CC. The molecule has 0 aliphatic rings. The Morgan fingerprint density at radius 1 is 0.368 bits per heavy atom. The van der Waals surface area contributed by atoms with Crippen LogP contribution < -0.4 is 0 Å². The van der Waals surface area contributed by atoms with Crippen molar-refractivity contribution in [2.75, 3.05) is 39.6 Å². The number of esters is 4. The number of phosphoric ester groups is 2. The molecule has 3 N–H and O–H groups in total. The van der Waals surface area contributed by atoms with E-state index >= 15 is 0 Å². The Balaban J connectivity index is 5.29. The molecule has 0 saturated heterocycles. The minimum absolute atomic E-state index is 0.0848. The van der Waals surface area contributed by atoms with E-state index in [1.54, 1.807) is 0 Å². The summed E-state index contributed by atoms with van der Waals surface area (Å²) in [6.07, 6.45) is 46.7. The predicted octanol–water partition coefficient (Wildman–Crippen LogP) is 18.8. The van der Waals surface area contributed by atoms with Gasteiger partial charge in [-0.05, 0) is 63.2 Å². The third kappa shape index (κ3) is 59.6. The van der Waals surface area contributed by atoms with E-state index in [2.05, 4.69) is 65.8 Å². The van der Waals surface area contributed by atoms with Gasteiger partial charge in [-0.1, -0.05) is 265 Å². The van der Waals surface area contributed by atoms with Crippen LogP contribution in [-0.4, -0.2) is 96.7 Å². The lowest BCUT2D eigenvalue weighted by Gasteiger charge is -2.21. The van der Waals surface area contributed by atoms with Crippen LogP contribution in [0.15, 0.2) is 24.3 Å². The second kappa shape index (κ2) is 59.8. The molecule has 0 rings (SSSR count). The fraction of sp³-hybridized carbons (Fsp3) is 0.882. The Morgan fingerprint density at radius 2 is 0.644 bits per heavy atom. The minimum Gasteiger partial charge on any atom is -0.462 e. The summed E-state index contributed by atoms with van der Waals surface area (Å²) in [6, 6.07) is 0. The van der Waals surface area contributed by atoms with Crippen molar-refractivity contribution in [3.8, 4) is 0 Å². The van der Waals surface area contributed by atoms with E-state index in [0.29, 0.717) is 25.7 Å². The van der Waals surface area contributed by atoms with E-state index in [1.807, 2.05) is 0 Å². The summed E-state index contributed by atoms with van der Waals surface area (Å²) >= 11 is 0. The van der Waals surface area contributed by atoms with Gasteiger partial charge in [0.25, 0.3) is 0 Å². The first kappa shape index (κ1) is 84.5. The van der Waals surface area contributed by atoms with Crippen molar-refractivity contribution in [3.05, 3.63) is 24.3 Å². The molecule has 87 heavy (non-hydrogen) atoms. The lowest BCUT2D eigenvalue weighted by molar-refractivity contribution is -0.161. The van der Waals surface area contributed by atoms with Crippen LogP contribution in [0.5, 0.6) is 0 Å². The summed E-state index contributed by atoms with van der Waals surface area (Å²) in [5.74, 6) is -0.714. The summed E-state index contributed by atoms with van der Waals surface area (Å²) in [5.41, 5.74) is 0. The van der Waals surface area contributed by atoms with Gasteiger partial charge in [0.15, 0.2) is 12.2 Å². The fourth-order valence-corrected chi connectivity index (χ4v) is 11.2. The highest BCUT2D eigenvalue weighted by molar-refractivity contribution is 7.47. The molecule has 0 aromatic rings. The molecule has 0 saturated carbocycles. The van der Waals surface area contributed by atoms with Gasteiger partial charge >= 0.3 is 39.5 Å². The molecule has 0 fully saturated rings. The van der Waals surface area contributed by atoms with Gasteiger partial charge in [-0.15, -0.1) is 0 Å². The Kier molecular flexibility index (Phi) is 58.1. The molecule has 0 amide bonds. The number of aliphatic hydroxyl groups is 1. The number of ether oxygens (including phenoxy) is 4. The number of carbonyl (C=O) groups is 4. The molecule has 0 heterocycles. The number of unbranched alkanes of at least 4 members (excludes halogenated alkanes) is 30.